The molecule has 0 aromatic carbocycles. The van der Waals surface area contributed by atoms with Gasteiger partial charge in [0.05, 0.1) is 11.0 Å². The number of aliphatic hydroxyl groups is 1. The third-order valence-electron chi connectivity index (χ3n) is 3.10. The molecule has 1 N–H and O–H groups in total. The standard InChI is InChI=1S/C13H15N3O3S2/c1-6-7(2)14-13(15-8(6)3)21-12-10(16(18)19)5-11(20-12)9(4)17/h5,9,17H,1-4H3. The number of aromatic nitrogens is 2. The molecule has 0 fully saturated rings. The summed E-state index contributed by atoms with van der Waals surface area (Å²) < 4.78 is 0.485. The van der Waals surface area contributed by atoms with Crippen LogP contribution in [0.2, 0.25) is 0 Å². The van der Waals surface area contributed by atoms with Gasteiger partial charge in [0.15, 0.2) is 5.16 Å². The van der Waals surface area contributed by atoms with Crippen molar-refractivity contribution in [1.82, 2.24) is 9.97 Å². The van der Waals surface area contributed by atoms with Gasteiger partial charge < -0.3 is 5.11 Å². The lowest BCUT2D eigenvalue weighted by atomic mass is 10.2. The minimum Gasteiger partial charge on any atom is -0.388 e. The lowest BCUT2D eigenvalue weighted by Gasteiger charge is -2.05. The Bertz CT molecular complexity index is 675. The maximum absolute atomic E-state index is 11.1. The first-order valence-electron chi connectivity index (χ1n) is 6.25. The second kappa shape index (κ2) is 6.08. The van der Waals surface area contributed by atoms with E-state index in [2.05, 4.69) is 9.97 Å². The molecule has 0 bridgehead atoms. The Balaban J connectivity index is 2.41. The summed E-state index contributed by atoms with van der Waals surface area (Å²) in [6.45, 7) is 7.30. The van der Waals surface area contributed by atoms with E-state index in [1.54, 1.807) is 6.92 Å². The van der Waals surface area contributed by atoms with Crippen LogP contribution in [0.5, 0.6) is 0 Å². The predicted octanol–water partition coefficient (Wildman–Crippen LogP) is 3.58. The number of nitro groups is 1. The van der Waals surface area contributed by atoms with E-state index in [-0.39, 0.29) is 5.69 Å². The molecule has 2 aromatic heterocycles. The Kier molecular flexibility index (Phi) is 4.60. The molecule has 0 aliphatic heterocycles. The van der Waals surface area contributed by atoms with Crippen molar-refractivity contribution in [2.45, 2.75) is 43.2 Å². The SMILES string of the molecule is Cc1nc(Sc2sc(C(C)O)cc2[N+](=O)[O-])nc(C)c1C. The lowest BCUT2D eigenvalue weighted by Crippen LogP contribution is -1.97. The summed E-state index contributed by atoms with van der Waals surface area (Å²) in [6, 6.07) is 1.41. The molecule has 1 unspecified atom stereocenters. The summed E-state index contributed by atoms with van der Waals surface area (Å²) in [4.78, 5) is 19.9. The predicted molar refractivity (Wildman–Crippen MR) is 82.0 cm³/mol. The second-order valence-corrected chi connectivity index (χ2v) is 6.98. The van der Waals surface area contributed by atoms with Crippen molar-refractivity contribution in [3.8, 4) is 0 Å². The van der Waals surface area contributed by atoms with Crippen LogP contribution in [0.25, 0.3) is 0 Å². The summed E-state index contributed by atoms with van der Waals surface area (Å²) in [7, 11) is 0. The van der Waals surface area contributed by atoms with Gasteiger partial charge in [-0.25, -0.2) is 9.97 Å². The number of aryl methyl sites for hydroxylation is 2. The molecule has 112 valence electrons. The van der Waals surface area contributed by atoms with Crippen molar-refractivity contribution >= 4 is 28.8 Å². The van der Waals surface area contributed by atoms with Gasteiger partial charge >= 0.3 is 0 Å². The fourth-order valence-electron chi connectivity index (χ4n) is 1.66. The number of nitrogens with zero attached hydrogens (tertiary/aromatic N) is 3. The number of rotatable bonds is 4. The molecule has 0 spiro atoms. The Morgan fingerprint density at radius 2 is 1.90 bits per heavy atom. The fraction of sp³-hybridized carbons (Fsp3) is 0.385. The van der Waals surface area contributed by atoms with Crippen molar-refractivity contribution in [3.05, 3.63) is 38.0 Å². The molecular weight excluding hydrogens is 310 g/mol. The highest BCUT2D eigenvalue weighted by atomic mass is 32.2. The normalized spacial score (nSPS) is 12.4. The van der Waals surface area contributed by atoms with E-state index >= 15 is 0 Å². The van der Waals surface area contributed by atoms with Crippen LogP contribution in [-0.2, 0) is 0 Å². The van der Waals surface area contributed by atoms with Gasteiger partial charge in [-0.2, -0.15) is 0 Å². The van der Waals surface area contributed by atoms with Crippen molar-refractivity contribution < 1.29 is 10.0 Å². The van der Waals surface area contributed by atoms with Crippen LogP contribution in [0.1, 0.15) is 34.9 Å². The Hall–Kier alpha value is -1.51. The molecule has 2 heterocycles. The summed E-state index contributed by atoms with van der Waals surface area (Å²) in [5.74, 6) is 0. The topological polar surface area (TPSA) is 89.2 Å². The van der Waals surface area contributed by atoms with Crippen molar-refractivity contribution in [2.75, 3.05) is 0 Å². The van der Waals surface area contributed by atoms with E-state index in [1.807, 2.05) is 20.8 Å². The highest BCUT2D eigenvalue weighted by molar-refractivity contribution is 8.01. The van der Waals surface area contributed by atoms with Gasteiger partial charge in [0.1, 0.15) is 4.21 Å². The van der Waals surface area contributed by atoms with E-state index in [9.17, 15) is 15.2 Å². The van der Waals surface area contributed by atoms with Crippen molar-refractivity contribution in [2.24, 2.45) is 0 Å². The molecule has 2 aromatic rings. The fourth-order valence-corrected chi connectivity index (χ4v) is 3.90. The molecule has 0 amide bonds. The quantitative estimate of drug-likeness (QED) is 0.525. The van der Waals surface area contributed by atoms with Gasteiger partial charge in [-0.05, 0) is 45.0 Å². The third-order valence-corrected chi connectivity index (χ3v) is 5.45. The third kappa shape index (κ3) is 3.39. The Labute approximate surface area is 130 Å². The van der Waals surface area contributed by atoms with E-state index in [0.717, 1.165) is 28.7 Å². The van der Waals surface area contributed by atoms with Gasteiger partial charge in [0, 0.05) is 22.3 Å². The molecule has 1 atom stereocenters. The molecule has 0 saturated heterocycles. The Morgan fingerprint density at radius 3 is 2.38 bits per heavy atom. The number of thiophene rings is 1. The molecule has 21 heavy (non-hydrogen) atoms. The largest absolute Gasteiger partial charge is 0.388 e. The van der Waals surface area contributed by atoms with E-state index in [1.165, 1.54) is 17.4 Å². The molecule has 0 aliphatic carbocycles. The van der Waals surface area contributed by atoms with E-state index in [0.29, 0.717) is 14.2 Å². The second-order valence-electron chi connectivity index (χ2n) is 4.66. The molecule has 0 saturated carbocycles. The van der Waals surface area contributed by atoms with E-state index < -0.39 is 11.0 Å². The smallest absolute Gasteiger partial charge is 0.294 e. The first-order valence-corrected chi connectivity index (χ1v) is 7.88. The lowest BCUT2D eigenvalue weighted by molar-refractivity contribution is -0.387. The van der Waals surface area contributed by atoms with Crippen LogP contribution >= 0.6 is 23.1 Å². The Morgan fingerprint density at radius 1 is 1.33 bits per heavy atom. The average Bonchev–Trinajstić information content (AvgIpc) is 2.80. The molecule has 2 rings (SSSR count). The summed E-state index contributed by atoms with van der Waals surface area (Å²) >= 11 is 2.36. The van der Waals surface area contributed by atoms with Gasteiger partial charge in [-0.3, -0.25) is 10.1 Å². The van der Waals surface area contributed by atoms with E-state index in [4.69, 9.17) is 0 Å². The van der Waals surface area contributed by atoms with Crippen molar-refractivity contribution in [1.29, 1.82) is 0 Å². The minimum absolute atomic E-state index is 0.0135. The zero-order valence-electron chi connectivity index (χ0n) is 12.1. The van der Waals surface area contributed by atoms with Gasteiger partial charge in [0.2, 0.25) is 0 Å². The van der Waals surface area contributed by atoms with Crippen molar-refractivity contribution in [3.63, 3.8) is 0 Å². The maximum atomic E-state index is 11.1. The monoisotopic (exact) mass is 325 g/mol. The maximum Gasteiger partial charge on any atom is 0.294 e. The van der Waals surface area contributed by atoms with Crippen LogP contribution in [-0.4, -0.2) is 20.0 Å². The summed E-state index contributed by atoms with van der Waals surface area (Å²) in [6.07, 6.45) is -0.731. The van der Waals surface area contributed by atoms with Crippen LogP contribution < -0.4 is 0 Å². The molecule has 0 aliphatic rings. The summed E-state index contributed by atoms with van der Waals surface area (Å²) in [5, 5.41) is 21.2. The van der Waals surface area contributed by atoms with Crippen LogP contribution in [0, 0.1) is 30.9 Å². The zero-order valence-corrected chi connectivity index (χ0v) is 13.7. The zero-order chi connectivity index (χ0) is 15.7. The molecular formula is C13H15N3O3S2. The first-order chi connectivity index (χ1) is 9.79. The van der Waals surface area contributed by atoms with Crippen LogP contribution in [0.4, 0.5) is 5.69 Å². The average molecular weight is 325 g/mol. The minimum atomic E-state index is -0.731. The summed E-state index contributed by atoms with van der Waals surface area (Å²) in [5.41, 5.74) is 2.73. The number of aliphatic hydroxyl groups excluding tert-OH is 1. The van der Waals surface area contributed by atoms with Crippen LogP contribution in [0.3, 0.4) is 0 Å². The number of hydrogen-bond donors (Lipinski definition) is 1. The van der Waals surface area contributed by atoms with Gasteiger partial charge in [-0.1, -0.05) is 0 Å². The molecule has 8 heteroatoms. The molecule has 0 radical (unpaired) electrons. The highest BCUT2D eigenvalue weighted by Gasteiger charge is 2.23. The number of hydrogen-bond acceptors (Lipinski definition) is 7. The van der Waals surface area contributed by atoms with Gasteiger partial charge in [-0.15, -0.1) is 11.3 Å². The molecule has 6 nitrogen and oxygen atoms in total. The van der Waals surface area contributed by atoms with Crippen LogP contribution in [0.15, 0.2) is 15.4 Å². The first kappa shape index (κ1) is 15.9. The van der Waals surface area contributed by atoms with Gasteiger partial charge in [0.25, 0.3) is 5.69 Å². The highest BCUT2D eigenvalue weighted by Crippen LogP contribution is 2.42.